The molecular weight excluding hydrogens is 392 g/mol. The molecule has 0 aliphatic rings. The molecule has 0 heterocycles. The molecule has 0 aromatic rings. The Morgan fingerprint density at radius 1 is 0.531 bits per heavy atom. The molecule has 0 aliphatic carbocycles. The predicted molar refractivity (Wildman–Crippen MR) is 144 cm³/mol. The lowest BCUT2D eigenvalue weighted by molar-refractivity contribution is -0.930. The molecule has 0 rings (SSSR count). The first-order chi connectivity index (χ1) is 15.3. The molecule has 0 bridgehead atoms. The van der Waals surface area contributed by atoms with E-state index in [9.17, 15) is 0 Å². The molecule has 1 atom stereocenters. The fraction of sp³-hybridized carbons (Fsp3) is 1.00. The largest absolute Gasteiger partial charge is 0.363 e. The summed E-state index contributed by atoms with van der Waals surface area (Å²) in [6, 6.07) is 0. The molecule has 0 fully saturated rings. The van der Waals surface area contributed by atoms with Crippen molar-refractivity contribution in [2.24, 2.45) is 0 Å². The Morgan fingerprint density at radius 2 is 0.875 bits per heavy atom. The van der Waals surface area contributed by atoms with Crippen molar-refractivity contribution in [1.29, 1.82) is 0 Å². The monoisotopic (exact) mass is 457 g/mol. The predicted octanol–water partition coefficient (Wildman–Crippen LogP) is 7.82. The summed E-state index contributed by atoms with van der Waals surface area (Å²) in [6.07, 6.45) is 19.0. The van der Waals surface area contributed by atoms with Crippen molar-refractivity contribution in [3.05, 3.63) is 0 Å². The number of likely N-dealkylation sites (N-methyl/N-ethyl adjacent to an activating group) is 2. The van der Waals surface area contributed by atoms with Crippen molar-refractivity contribution < 1.29 is 13.7 Å². The first-order valence-electron chi connectivity index (χ1n) is 14.6. The van der Waals surface area contributed by atoms with Gasteiger partial charge in [-0.1, -0.05) is 84.0 Å². The smallest absolute Gasteiger partial charge is 0.155 e. The van der Waals surface area contributed by atoms with Crippen LogP contribution < -0.4 is 0 Å². The maximum atomic E-state index is 6.72. The summed E-state index contributed by atoms with van der Waals surface area (Å²) in [5, 5.41) is 0. The van der Waals surface area contributed by atoms with Gasteiger partial charge in [-0.15, -0.1) is 0 Å². The van der Waals surface area contributed by atoms with Gasteiger partial charge >= 0.3 is 0 Å². The second-order valence-electron chi connectivity index (χ2n) is 11.1. The fourth-order valence-electron chi connectivity index (χ4n) is 4.76. The fourth-order valence-corrected chi connectivity index (χ4v) is 4.76. The minimum atomic E-state index is 0.358. The van der Waals surface area contributed by atoms with E-state index >= 15 is 0 Å². The molecule has 0 aromatic heterocycles. The highest BCUT2D eigenvalue weighted by molar-refractivity contribution is 4.62. The van der Waals surface area contributed by atoms with Gasteiger partial charge in [-0.2, -0.15) is 0 Å². The molecule has 194 valence electrons. The second-order valence-corrected chi connectivity index (χ2v) is 11.1. The van der Waals surface area contributed by atoms with Gasteiger partial charge < -0.3 is 13.7 Å². The van der Waals surface area contributed by atoms with E-state index in [4.69, 9.17) is 4.74 Å². The first-order valence-corrected chi connectivity index (χ1v) is 14.6. The lowest BCUT2D eigenvalue weighted by Gasteiger charge is -2.40. The van der Waals surface area contributed by atoms with E-state index < -0.39 is 0 Å². The Labute approximate surface area is 204 Å². The Kier molecular flexibility index (Phi) is 19.1. The van der Waals surface area contributed by atoms with Gasteiger partial charge in [-0.05, 0) is 41.0 Å². The van der Waals surface area contributed by atoms with Gasteiger partial charge in [-0.3, -0.25) is 0 Å². The first kappa shape index (κ1) is 31.9. The van der Waals surface area contributed by atoms with Crippen LogP contribution in [0.5, 0.6) is 0 Å². The van der Waals surface area contributed by atoms with Gasteiger partial charge in [0.15, 0.2) is 6.10 Å². The number of ether oxygens (including phenoxy) is 1. The van der Waals surface area contributed by atoms with Crippen molar-refractivity contribution in [2.75, 3.05) is 53.4 Å². The van der Waals surface area contributed by atoms with Gasteiger partial charge in [0.05, 0.1) is 46.4 Å². The molecule has 0 aromatic carbocycles. The van der Waals surface area contributed by atoms with E-state index in [1.807, 2.05) is 0 Å². The summed E-state index contributed by atoms with van der Waals surface area (Å²) in [4.78, 5) is 0. The van der Waals surface area contributed by atoms with Gasteiger partial charge in [-0.25, -0.2) is 0 Å². The number of nitrogens with zero attached hydrogens (tertiary/aromatic N) is 2. The molecular formula is C29H64N2O+2. The van der Waals surface area contributed by atoms with Gasteiger partial charge in [0, 0.05) is 0 Å². The molecule has 0 saturated carbocycles. The number of rotatable bonds is 23. The molecule has 3 heteroatoms. The standard InChI is InChI=1S/C29H64N2O/c1-9-14-15-16-17-18-19-20-21-22-23-24-25-28(6)32-29(26-30(7,10-2)11-3)27-31(8,12-4)13-5/h28-29H,9-27H2,1-8H3/q+2. The zero-order valence-electron chi connectivity index (χ0n) is 23.9. The van der Waals surface area contributed by atoms with Crippen LogP contribution in [0, 0.1) is 0 Å². The third-order valence-corrected chi connectivity index (χ3v) is 8.23. The number of hydrogen-bond acceptors (Lipinski definition) is 1. The average molecular weight is 457 g/mol. The summed E-state index contributed by atoms with van der Waals surface area (Å²) in [5.41, 5.74) is 0. The number of quaternary nitrogens is 2. The second kappa shape index (κ2) is 19.2. The normalized spacial score (nSPS) is 13.8. The van der Waals surface area contributed by atoms with Crippen molar-refractivity contribution in [3.8, 4) is 0 Å². The van der Waals surface area contributed by atoms with Crippen LogP contribution in [0.1, 0.15) is 125 Å². The van der Waals surface area contributed by atoms with Crippen LogP contribution in [0.25, 0.3) is 0 Å². The zero-order chi connectivity index (χ0) is 24.3. The van der Waals surface area contributed by atoms with Crippen LogP contribution in [0.4, 0.5) is 0 Å². The van der Waals surface area contributed by atoms with Crippen molar-refractivity contribution in [3.63, 3.8) is 0 Å². The lowest BCUT2D eigenvalue weighted by atomic mass is 10.0. The van der Waals surface area contributed by atoms with E-state index in [0.717, 1.165) is 22.1 Å². The highest BCUT2D eigenvalue weighted by Gasteiger charge is 2.31. The lowest BCUT2D eigenvalue weighted by Crippen LogP contribution is -2.56. The Bertz CT molecular complexity index is 384. The molecule has 0 spiro atoms. The van der Waals surface area contributed by atoms with Crippen LogP contribution in [-0.4, -0.2) is 74.5 Å². The van der Waals surface area contributed by atoms with Crippen LogP contribution >= 0.6 is 0 Å². The highest BCUT2D eigenvalue weighted by atomic mass is 16.5. The zero-order valence-corrected chi connectivity index (χ0v) is 23.9. The van der Waals surface area contributed by atoms with E-state index in [2.05, 4.69) is 55.6 Å². The highest BCUT2D eigenvalue weighted by Crippen LogP contribution is 2.17. The Morgan fingerprint density at radius 3 is 1.22 bits per heavy atom. The summed E-state index contributed by atoms with van der Waals surface area (Å²) >= 11 is 0. The van der Waals surface area contributed by atoms with Gasteiger partial charge in [0.1, 0.15) is 13.1 Å². The van der Waals surface area contributed by atoms with Crippen molar-refractivity contribution >= 4 is 0 Å². The summed E-state index contributed by atoms with van der Waals surface area (Å²) in [6.45, 7) is 20.9. The molecule has 32 heavy (non-hydrogen) atoms. The summed E-state index contributed by atoms with van der Waals surface area (Å²) in [5.74, 6) is 0. The van der Waals surface area contributed by atoms with E-state index in [1.165, 1.54) is 110 Å². The Hall–Kier alpha value is -0.120. The number of unbranched alkanes of at least 4 members (excludes halogenated alkanes) is 11. The SMILES string of the molecule is CCCCCCCCCCCCCCC(C)OC(C[N+](C)(CC)CC)C[N+](C)(CC)CC. The molecule has 0 radical (unpaired) electrons. The molecule has 3 nitrogen and oxygen atoms in total. The van der Waals surface area contributed by atoms with E-state index in [-0.39, 0.29) is 0 Å². The van der Waals surface area contributed by atoms with Crippen LogP contribution in [-0.2, 0) is 4.74 Å². The third-order valence-electron chi connectivity index (χ3n) is 8.23. The van der Waals surface area contributed by atoms with Crippen LogP contribution in [0.2, 0.25) is 0 Å². The maximum Gasteiger partial charge on any atom is 0.155 e. The maximum absolute atomic E-state index is 6.72. The van der Waals surface area contributed by atoms with Crippen molar-refractivity contribution in [1.82, 2.24) is 0 Å². The van der Waals surface area contributed by atoms with Crippen molar-refractivity contribution in [2.45, 2.75) is 137 Å². The van der Waals surface area contributed by atoms with Gasteiger partial charge in [0.25, 0.3) is 0 Å². The van der Waals surface area contributed by atoms with E-state index in [1.54, 1.807) is 0 Å². The quantitative estimate of drug-likeness (QED) is 0.112. The van der Waals surface area contributed by atoms with Crippen LogP contribution in [0.15, 0.2) is 0 Å². The minimum Gasteiger partial charge on any atom is -0.363 e. The minimum absolute atomic E-state index is 0.358. The third kappa shape index (κ3) is 15.7. The molecule has 0 N–H and O–H groups in total. The van der Waals surface area contributed by atoms with Gasteiger partial charge in [0.2, 0.25) is 0 Å². The molecule has 0 amide bonds. The average Bonchev–Trinajstić information content (AvgIpc) is 2.79. The summed E-state index contributed by atoms with van der Waals surface area (Å²) in [7, 11) is 4.79. The molecule has 1 unspecified atom stereocenters. The molecule has 0 saturated heterocycles. The van der Waals surface area contributed by atoms with Crippen LogP contribution in [0.3, 0.4) is 0 Å². The Balaban J connectivity index is 4.19. The molecule has 0 aliphatic heterocycles. The topological polar surface area (TPSA) is 9.23 Å². The summed E-state index contributed by atoms with van der Waals surface area (Å²) < 4.78 is 8.95. The number of hydrogen-bond donors (Lipinski definition) is 0. The van der Waals surface area contributed by atoms with E-state index in [0.29, 0.717) is 12.2 Å².